The second-order valence-corrected chi connectivity index (χ2v) is 4.67. The maximum absolute atomic E-state index is 11.5. The van der Waals surface area contributed by atoms with Crippen LogP contribution in [0.1, 0.15) is 13.3 Å². The van der Waals surface area contributed by atoms with Crippen molar-refractivity contribution in [2.45, 2.75) is 32.5 Å². The first-order valence-corrected chi connectivity index (χ1v) is 6.62. The molecule has 0 aromatic carbocycles. The van der Waals surface area contributed by atoms with Gasteiger partial charge in [-0.05, 0) is 32.0 Å². The van der Waals surface area contributed by atoms with Crippen molar-refractivity contribution in [3.05, 3.63) is 53.2 Å². The smallest absolute Gasteiger partial charge is 0.250 e. The Morgan fingerprint density at radius 3 is 2.95 bits per heavy atom. The number of hydrogen-bond acceptors (Lipinski definition) is 3. The number of pyridine rings is 1. The van der Waals surface area contributed by atoms with Crippen LogP contribution in [0.25, 0.3) is 0 Å². The Morgan fingerprint density at radius 1 is 1.32 bits per heavy atom. The Kier molecular flexibility index (Phi) is 4.92. The molecule has 19 heavy (non-hydrogen) atoms. The van der Waals surface area contributed by atoms with E-state index in [0.717, 1.165) is 26.1 Å². The molecule has 0 saturated carbocycles. The van der Waals surface area contributed by atoms with Gasteiger partial charge in [0.1, 0.15) is 0 Å². The quantitative estimate of drug-likeness (QED) is 0.759. The third-order valence-electron chi connectivity index (χ3n) is 2.99. The summed E-state index contributed by atoms with van der Waals surface area (Å²) in [5, 5.41) is 7.61. The lowest BCUT2D eigenvalue weighted by Gasteiger charge is -2.14. The lowest BCUT2D eigenvalue weighted by atomic mass is 10.3. The number of nitrogens with one attached hydrogen (secondary N) is 1. The monoisotopic (exact) mass is 260 g/mol. The van der Waals surface area contributed by atoms with E-state index in [9.17, 15) is 4.79 Å². The molecule has 0 bridgehead atoms. The number of rotatable bonds is 7. The van der Waals surface area contributed by atoms with Crippen LogP contribution in [0.4, 0.5) is 0 Å². The van der Waals surface area contributed by atoms with Gasteiger partial charge in [0.2, 0.25) is 5.56 Å². The minimum Gasteiger partial charge on any atom is -0.315 e. The van der Waals surface area contributed by atoms with Gasteiger partial charge in [-0.2, -0.15) is 5.10 Å². The van der Waals surface area contributed by atoms with Crippen LogP contribution in [0.2, 0.25) is 0 Å². The Balaban J connectivity index is 1.67. The van der Waals surface area contributed by atoms with E-state index in [2.05, 4.69) is 17.3 Å². The van der Waals surface area contributed by atoms with E-state index < -0.39 is 0 Å². The lowest BCUT2D eigenvalue weighted by molar-refractivity contribution is 0.439. The van der Waals surface area contributed by atoms with Crippen molar-refractivity contribution in [3.8, 4) is 0 Å². The van der Waals surface area contributed by atoms with Crippen molar-refractivity contribution in [3.63, 3.8) is 0 Å². The molecule has 0 unspecified atom stereocenters. The van der Waals surface area contributed by atoms with Crippen molar-refractivity contribution in [1.29, 1.82) is 0 Å². The first-order chi connectivity index (χ1) is 9.25. The minimum absolute atomic E-state index is 0.0621. The van der Waals surface area contributed by atoms with Crippen LogP contribution >= 0.6 is 0 Å². The summed E-state index contributed by atoms with van der Waals surface area (Å²) in [5.74, 6) is 0. The summed E-state index contributed by atoms with van der Waals surface area (Å²) in [7, 11) is 0. The minimum atomic E-state index is 0.0621. The van der Waals surface area contributed by atoms with Gasteiger partial charge in [-0.1, -0.05) is 6.07 Å². The largest absolute Gasteiger partial charge is 0.315 e. The van der Waals surface area contributed by atoms with Gasteiger partial charge in [-0.25, -0.2) is 0 Å². The number of nitrogens with zero attached hydrogens (tertiary/aromatic N) is 3. The van der Waals surface area contributed by atoms with Gasteiger partial charge >= 0.3 is 0 Å². The maximum atomic E-state index is 11.5. The second-order valence-electron chi connectivity index (χ2n) is 4.67. The molecule has 2 rings (SSSR count). The molecule has 0 amide bonds. The van der Waals surface area contributed by atoms with E-state index >= 15 is 0 Å². The Labute approximate surface area is 112 Å². The Morgan fingerprint density at radius 2 is 2.21 bits per heavy atom. The van der Waals surface area contributed by atoms with Crippen molar-refractivity contribution in [2.24, 2.45) is 0 Å². The molecular weight excluding hydrogens is 240 g/mol. The van der Waals surface area contributed by atoms with Crippen LogP contribution in [0.5, 0.6) is 0 Å². The van der Waals surface area contributed by atoms with Crippen molar-refractivity contribution in [1.82, 2.24) is 19.7 Å². The summed E-state index contributed by atoms with van der Waals surface area (Å²) < 4.78 is 3.65. The average molecular weight is 260 g/mol. The predicted molar refractivity (Wildman–Crippen MR) is 75.0 cm³/mol. The molecular formula is C14H20N4O. The van der Waals surface area contributed by atoms with Crippen LogP contribution < -0.4 is 10.9 Å². The molecule has 0 saturated heterocycles. The van der Waals surface area contributed by atoms with Gasteiger partial charge in [-0.3, -0.25) is 9.48 Å². The van der Waals surface area contributed by atoms with Crippen molar-refractivity contribution >= 4 is 0 Å². The first kappa shape index (κ1) is 13.5. The van der Waals surface area contributed by atoms with Crippen LogP contribution in [0, 0.1) is 0 Å². The van der Waals surface area contributed by atoms with Gasteiger partial charge in [0.15, 0.2) is 0 Å². The van der Waals surface area contributed by atoms with E-state index in [4.69, 9.17) is 0 Å². The normalized spacial score (nSPS) is 12.5. The highest BCUT2D eigenvalue weighted by Crippen LogP contribution is 1.92. The highest BCUT2D eigenvalue weighted by Gasteiger charge is 2.02. The van der Waals surface area contributed by atoms with Crippen molar-refractivity contribution < 1.29 is 0 Å². The molecule has 0 fully saturated rings. The fourth-order valence-corrected chi connectivity index (χ4v) is 2.00. The molecule has 2 aromatic heterocycles. The molecule has 102 valence electrons. The molecule has 2 aromatic rings. The zero-order valence-electron chi connectivity index (χ0n) is 11.2. The van der Waals surface area contributed by atoms with E-state index in [-0.39, 0.29) is 5.56 Å². The summed E-state index contributed by atoms with van der Waals surface area (Å²) in [4.78, 5) is 11.5. The zero-order valence-corrected chi connectivity index (χ0v) is 11.2. The van der Waals surface area contributed by atoms with Gasteiger partial charge in [-0.15, -0.1) is 0 Å². The first-order valence-electron chi connectivity index (χ1n) is 6.62. The fourth-order valence-electron chi connectivity index (χ4n) is 2.00. The van der Waals surface area contributed by atoms with Crippen LogP contribution in [0.15, 0.2) is 47.7 Å². The van der Waals surface area contributed by atoms with Crippen LogP contribution in [-0.4, -0.2) is 26.9 Å². The molecule has 1 atom stereocenters. The number of aromatic nitrogens is 3. The predicted octanol–water partition coefficient (Wildman–Crippen LogP) is 1.11. The summed E-state index contributed by atoms with van der Waals surface area (Å²) in [6, 6.07) is 7.54. The second kappa shape index (κ2) is 6.89. The summed E-state index contributed by atoms with van der Waals surface area (Å²) >= 11 is 0. The molecule has 2 heterocycles. The number of hydrogen-bond donors (Lipinski definition) is 1. The van der Waals surface area contributed by atoms with Gasteiger partial charge in [0.25, 0.3) is 0 Å². The van der Waals surface area contributed by atoms with E-state index in [1.807, 2.05) is 29.2 Å². The molecule has 0 aliphatic heterocycles. The maximum Gasteiger partial charge on any atom is 0.250 e. The molecule has 0 spiro atoms. The summed E-state index contributed by atoms with van der Waals surface area (Å²) in [6.07, 6.45) is 6.51. The topological polar surface area (TPSA) is 51.9 Å². The van der Waals surface area contributed by atoms with Crippen LogP contribution in [0.3, 0.4) is 0 Å². The van der Waals surface area contributed by atoms with E-state index in [1.54, 1.807) is 22.9 Å². The van der Waals surface area contributed by atoms with Gasteiger partial charge in [0.05, 0.1) is 6.54 Å². The van der Waals surface area contributed by atoms with E-state index in [1.165, 1.54) is 0 Å². The van der Waals surface area contributed by atoms with Crippen molar-refractivity contribution in [2.75, 3.05) is 6.54 Å². The molecule has 5 heteroatoms. The fraction of sp³-hybridized carbons (Fsp3) is 0.429. The molecule has 1 N–H and O–H groups in total. The summed E-state index contributed by atoms with van der Waals surface area (Å²) in [5.41, 5.74) is 0.0621. The lowest BCUT2D eigenvalue weighted by Crippen LogP contribution is -2.32. The third kappa shape index (κ3) is 4.37. The highest BCUT2D eigenvalue weighted by molar-refractivity contribution is 4.93. The Hall–Kier alpha value is -1.88. The number of aryl methyl sites for hydroxylation is 1. The van der Waals surface area contributed by atoms with Crippen LogP contribution in [-0.2, 0) is 13.1 Å². The average Bonchev–Trinajstić information content (AvgIpc) is 2.89. The third-order valence-corrected chi connectivity index (χ3v) is 2.99. The highest BCUT2D eigenvalue weighted by atomic mass is 16.1. The molecule has 5 nitrogen and oxygen atoms in total. The standard InChI is InChI=1S/C14H20N4O/c1-13(12-18-11-5-8-16-18)15-7-4-10-17-9-3-2-6-14(17)19/h2-3,5-6,8-9,11,13,15H,4,7,10,12H2,1H3/t13-/m1/s1. The molecule has 0 radical (unpaired) electrons. The molecule has 0 aliphatic rings. The SMILES string of the molecule is C[C@H](Cn1cccn1)NCCCn1ccccc1=O. The van der Waals surface area contributed by atoms with E-state index in [0.29, 0.717) is 6.04 Å². The Bertz CT molecular complexity index is 532. The van der Waals surface area contributed by atoms with Gasteiger partial charge < -0.3 is 9.88 Å². The van der Waals surface area contributed by atoms with Gasteiger partial charge in [0, 0.05) is 37.2 Å². The summed E-state index contributed by atoms with van der Waals surface area (Å²) in [6.45, 7) is 4.64. The zero-order chi connectivity index (χ0) is 13.5. The molecule has 0 aliphatic carbocycles.